The molecule has 0 spiro atoms. The van der Waals surface area contributed by atoms with Crippen LogP contribution in [0.5, 0.6) is 0 Å². The number of allylic oxidation sites excluding steroid dienone is 1. The first-order chi connectivity index (χ1) is 4.86. The van der Waals surface area contributed by atoms with E-state index >= 15 is 0 Å². The first-order valence-electron chi connectivity index (χ1n) is 2.77. The molecule has 2 aliphatic heterocycles. The lowest BCUT2D eigenvalue weighted by molar-refractivity contribution is -0.113. The minimum Gasteiger partial charge on any atom is -0.267 e. The molecule has 2 aliphatic rings. The summed E-state index contributed by atoms with van der Waals surface area (Å²) < 4.78 is 0. The highest BCUT2D eigenvalue weighted by molar-refractivity contribution is 6.44. The Bertz CT molecular complexity index is 309. The van der Waals surface area contributed by atoms with Crippen LogP contribution in [0.2, 0.25) is 0 Å². The van der Waals surface area contributed by atoms with Gasteiger partial charge in [0.25, 0.3) is 5.91 Å². The van der Waals surface area contributed by atoms with Crippen molar-refractivity contribution in [3.8, 4) is 0 Å². The van der Waals surface area contributed by atoms with Crippen LogP contribution in [0.1, 0.15) is 0 Å². The van der Waals surface area contributed by atoms with Gasteiger partial charge in [-0.2, -0.15) is 0 Å². The van der Waals surface area contributed by atoms with Gasteiger partial charge in [-0.25, -0.2) is 15.0 Å². The van der Waals surface area contributed by atoms with Crippen molar-refractivity contribution in [3.05, 3.63) is 11.8 Å². The molecule has 0 aliphatic carbocycles. The predicted molar refractivity (Wildman–Crippen MR) is 37.5 cm³/mol. The van der Waals surface area contributed by atoms with Crippen molar-refractivity contribution in [2.75, 3.05) is 0 Å². The van der Waals surface area contributed by atoms with E-state index in [0.717, 1.165) is 0 Å². The lowest BCUT2D eigenvalue weighted by atomic mass is 10.2. The van der Waals surface area contributed by atoms with Crippen molar-refractivity contribution in [1.29, 1.82) is 0 Å². The maximum Gasteiger partial charge on any atom is 0.271 e. The number of aliphatic imine (C=N–C) groups is 3. The third-order valence-electron chi connectivity index (χ3n) is 1.23. The summed E-state index contributed by atoms with van der Waals surface area (Å²) in [5.74, 6) is -0.270. The van der Waals surface area contributed by atoms with Crippen LogP contribution in [0.25, 0.3) is 0 Å². The summed E-state index contributed by atoms with van der Waals surface area (Å²) in [6.45, 7) is 0. The zero-order valence-corrected chi connectivity index (χ0v) is 4.98. The molecule has 4 heteroatoms. The van der Waals surface area contributed by atoms with E-state index in [0.29, 0.717) is 11.4 Å². The zero-order valence-electron chi connectivity index (χ0n) is 4.98. The van der Waals surface area contributed by atoms with Crippen LogP contribution in [0, 0.1) is 0 Å². The minimum absolute atomic E-state index is 0.270. The Morgan fingerprint density at radius 3 is 3.10 bits per heavy atom. The summed E-state index contributed by atoms with van der Waals surface area (Å²) in [4.78, 5) is 21.8. The second kappa shape index (κ2) is 1.70. The average Bonchev–Trinajstić information content (AvgIpc) is 2.33. The molecular weight excluding hydrogens is 130 g/mol. The number of rotatable bonds is 0. The van der Waals surface area contributed by atoms with Crippen molar-refractivity contribution in [2.45, 2.75) is 0 Å². The average molecular weight is 133 g/mol. The number of hydrogen-bond acceptors (Lipinski definition) is 3. The van der Waals surface area contributed by atoms with E-state index in [4.69, 9.17) is 0 Å². The van der Waals surface area contributed by atoms with E-state index in [1.807, 2.05) is 0 Å². The topological polar surface area (TPSA) is 54.1 Å². The van der Waals surface area contributed by atoms with Gasteiger partial charge in [0.2, 0.25) is 0 Å². The standard InChI is InChI=1S/C6H3N3O/c10-6-1-4-5(2-7-6)9-3-8-4/h1-3H. The number of carbonyl (C=O) groups excluding carboxylic acids is 1. The molecular formula is C6H3N3O. The maximum absolute atomic E-state index is 10.6. The van der Waals surface area contributed by atoms with E-state index in [9.17, 15) is 4.79 Å². The third kappa shape index (κ3) is 0.621. The van der Waals surface area contributed by atoms with E-state index in [1.165, 1.54) is 18.6 Å². The smallest absolute Gasteiger partial charge is 0.267 e. The molecule has 0 atom stereocenters. The second-order valence-electron chi connectivity index (χ2n) is 1.88. The second-order valence-corrected chi connectivity index (χ2v) is 1.88. The van der Waals surface area contributed by atoms with E-state index in [1.54, 1.807) is 0 Å². The van der Waals surface area contributed by atoms with Gasteiger partial charge in [-0.15, -0.1) is 0 Å². The van der Waals surface area contributed by atoms with Crippen LogP contribution in [0.3, 0.4) is 0 Å². The number of dihydropyridines is 1. The maximum atomic E-state index is 10.6. The summed E-state index contributed by atoms with van der Waals surface area (Å²) in [5, 5.41) is 0. The molecule has 48 valence electrons. The summed E-state index contributed by atoms with van der Waals surface area (Å²) in [6, 6.07) is 0. The first kappa shape index (κ1) is 5.22. The largest absolute Gasteiger partial charge is 0.271 e. The highest BCUT2D eigenvalue weighted by Crippen LogP contribution is 2.08. The van der Waals surface area contributed by atoms with Crippen LogP contribution in [0.4, 0.5) is 0 Å². The number of hydrogen-bond donors (Lipinski definition) is 0. The quantitative estimate of drug-likeness (QED) is 0.457. The fourth-order valence-electron chi connectivity index (χ4n) is 0.775. The van der Waals surface area contributed by atoms with Crippen molar-refractivity contribution >= 4 is 24.2 Å². The SMILES string of the molecule is O=C1C=C2N=CN=C2C=N1. The van der Waals surface area contributed by atoms with Crippen LogP contribution in [-0.4, -0.2) is 24.2 Å². The van der Waals surface area contributed by atoms with Gasteiger partial charge in [-0.1, -0.05) is 0 Å². The van der Waals surface area contributed by atoms with Crippen LogP contribution < -0.4 is 0 Å². The van der Waals surface area contributed by atoms with Crippen molar-refractivity contribution in [2.24, 2.45) is 15.0 Å². The normalized spacial score (nSPS) is 20.6. The molecule has 10 heavy (non-hydrogen) atoms. The highest BCUT2D eigenvalue weighted by atomic mass is 16.1. The summed E-state index contributed by atoms with van der Waals surface area (Å²) in [6.07, 6.45) is 4.19. The minimum atomic E-state index is -0.270. The van der Waals surface area contributed by atoms with Crippen molar-refractivity contribution in [3.63, 3.8) is 0 Å². The van der Waals surface area contributed by atoms with Gasteiger partial charge in [0, 0.05) is 6.08 Å². The van der Waals surface area contributed by atoms with Gasteiger partial charge in [-0.05, 0) is 0 Å². The molecule has 0 aromatic heterocycles. The molecule has 0 aromatic carbocycles. The summed E-state index contributed by atoms with van der Waals surface area (Å²) in [5.41, 5.74) is 1.28. The fourth-order valence-corrected chi connectivity index (χ4v) is 0.775. The molecule has 2 rings (SSSR count). The van der Waals surface area contributed by atoms with Crippen LogP contribution in [-0.2, 0) is 4.79 Å². The fraction of sp³-hybridized carbons (Fsp3) is 0. The molecule has 1 amide bonds. The number of amides is 1. The molecule has 0 saturated carbocycles. The number of fused-ring (bicyclic) bond motifs is 1. The number of carbonyl (C=O) groups is 1. The van der Waals surface area contributed by atoms with Crippen molar-refractivity contribution in [1.82, 2.24) is 0 Å². The van der Waals surface area contributed by atoms with Gasteiger partial charge < -0.3 is 0 Å². The van der Waals surface area contributed by atoms with Gasteiger partial charge in [0.1, 0.15) is 12.1 Å². The highest BCUT2D eigenvalue weighted by Gasteiger charge is 2.13. The zero-order chi connectivity index (χ0) is 6.97. The molecule has 2 heterocycles. The predicted octanol–water partition coefficient (Wildman–Crippen LogP) is -0.0358. The van der Waals surface area contributed by atoms with E-state index < -0.39 is 0 Å². The summed E-state index contributed by atoms with van der Waals surface area (Å²) >= 11 is 0. The molecule has 0 unspecified atom stereocenters. The Hall–Kier alpha value is -1.58. The van der Waals surface area contributed by atoms with E-state index in [2.05, 4.69) is 15.0 Å². The van der Waals surface area contributed by atoms with E-state index in [-0.39, 0.29) is 5.91 Å². The Kier molecular flexibility index (Phi) is 0.887. The molecule has 0 N–H and O–H groups in total. The van der Waals surface area contributed by atoms with Gasteiger partial charge >= 0.3 is 0 Å². The first-order valence-corrected chi connectivity index (χ1v) is 2.77. The Balaban J connectivity index is 2.51. The lowest BCUT2D eigenvalue weighted by Gasteiger charge is -1.96. The Labute approximate surface area is 56.7 Å². The number of nitrogens with zero attached hydrogens (tertiary/aromatic N) is 3. The molecule has 0 radical (unpaired) electrons. The summed E-state index contributed by atoms with van der Waals surface area (Å²) in [7, 11) is 0. The van der Waals surface area contributed by atoms with Crippen molar-refractivity contribution < 1.29 is 4.79 Å². The third-order valence-corrected chi connectivity index (χ3v) is 1.23. The van der Waals surface area contributed by atoms with Gasteiger partial charge in [-0.3, -0.25) is 4.79 Å². The molecule has 0 fully saturated rings. The van der Waals surface area contributed by atoms with Crippen LogP contribution in [0.15, 0.2) is 26.8 Å². The van der Waals surface area contributed by atoms with Crippen LogP contribution >= 0.6 is 0 Å². The lowest BCUT2D eigenvalue weighted by Crippen LogP contribution is -2.08. The Morgan fingerprint density at radius 1 is 1.30 bits per heavy atom. The van der Waals surface area contributed by atoms with Gasteiger partial charge in [0.05, 0.1) is 11.9 Å². The molecule has 4 nitrogen and oxygen atoms in total. The van der Waals surface area contributed by atoms with Gasteiger partial charge in [0.15, 0.2) is 0 Å². The molecule has 0 saturated heterocycles. The molecule has 0 bridgehead atoms. The molecule has 0 aromatic rings. The monoisotopic (exact) mass is 133 g/mol. The Morgan fingerprint density at radius 2 is 2.20 bits per heavy atom.